The van der Waals surface area contributed by atoms with Crippen molar-refractivity contribution >= 4 is 11.3 Å². The molecule has 0 spiro atoms. The first-order chi connectivity index (χ1) is 11.7. The van der Waals surface area contributed by atoms with Crippen LogP contribution in [0.25, 0.3) is 0 Å². The summed E-state index contributed by atoms with van der Waals surface area (Å²) in [6, 6.07) is 0.369. The van der Waals surface area contributed by atoms with E-state index in [2.05, 4.69) is 28.8 Å². The maximum atomic E-state index is 5.01. The fourth-order valence-electron chi connectivity index (χ4n) is 3.97. The molecule has 0 bridgehead atoms. The van der Waals surface area contributed by atoms with Gasteiger partial charge in [-0.25, -0.2) is 14.6 Å². The lowest BCUT2D eigenvalue weighted by molar-refractivity contribution is 0.191. The minimum atomic E-state index is 0.369. The van der Waals surface area contributed by atoms with Crippen LogP contribution in [-0.2, 0) is 19.4 Å². The van der Waals surface area contributed by atoms with Crippen LogP contribution in [0.4, 0.5) is 0 Å². The fraction of sp³-hybridized carbons (Fsp3) is 0.722. The van der Waals surface area contributed by atoms with Gasteiger partial charge in [-0.3, -0.25) is 4.90 Å². The predicted octanol–water partition coefficient (Wildman–Crippen LogP) is 3.57. The summed E-state index contributed by atoms with van der Waals surface area (Å²) in [6.07, 6.45) is 9.32. The summed E-state index contributed by atoms with van der Waals surface area (Å²) in [4.78, 5) is 13.6. The fourth-order valence-corrected chi connectivity index (χ4v) is 5.25. The minimum Gasteiger partial charge on any atom is -0.295 e. The lowest BCUT2D eigenvalue weighted by Crippen LogP contribution is -2.35. The van der Waals surface area contributed by atoms with Gasteiger partial charge >= 0.3 is 0 Å². The summed E-state index contributed by atoms with van der Waals surface area (Å²) in [7, 11) is 0. The van der Waals surface area contributed by atoms with Crippen LogP contribution < -0.4 is 0 Å². The number of thiazole rings is 1. The Kier molecular flexibility index (Phi) is 4.68. The van der Waals surface area contributed by atoms with Gasteiger partial charge in [0.25, 0.3) is 0 Å². The quantitative estimate of drug-likeness (QED) is 0.850. The number of rotatable bonds is 4. The lowest BCUT2D eigenvalue weighted by Gasteiger charge is -2.31. The van der Waals surface area contributed by atoms with Crippen molar-refractivity contribution < 1.29 is 0 Å². The van der Waals surface area contributed by atoms with E-state index in [1.807, 2.05) is 16.0 Å². The summed E-state index contributed by atoms with van der Waals surface area (Å²) >= 11 is 1.99. The molecule has 0 N–H and O–H groups in total. The molecule has 0 saturated carbocycles. The Morgan fingerprint density at radius 3 is 2.96 bits per heavy atom. The van der Waals surface area contributed by atoms with Crippen molar-refractivity contribution in [3.63, 3.8) is 0 Å². The molecule has 1 unspecified atom stereocenters. The van der Waals surface area contributed by atoms with Crippen LogP contribution in [0.1, 0.15) is 72.9 Å². The third-order valence-corrected chi connectivity index (χ3v) is 6.54. The van der Waals surface area contributed by atoms with Crippen LogP contribution in [0.15, 0.2) is 6.33 Å². The molecule has 1 aliphatic carbocycles. The minimum absolute atomic E-state index is 0.369. The molecule has 5 nitrogen and oxygen atoms in total. The largest absolute Gasteiger partial charge is 0.295 e. The van der Waals surface area contributed by atoms with Crippen LogP contribution in [0.3, 0.4) is 0 Å². The zero-order chi connectivity index (χ0) is 16.5. The predicted molar refractivity (Wildman–Crippen MR) is 96.4 cm³/mol. The van der Waals surface area contributed by atoms with E-state index < -0.39 is 0 Å². The Morgan fingerprint density at radius 1 is 1.25 bits per heavy atom. The number of likely N-dealkylation sites (tertiary alicyclic amines) is 1. The van der Waals surface area contributed by atoms with Gasteiger partial charge in [0.05, 0.1) is 17.2 Å². The Hall–Kier alpha value is -1.27. The van der Waals surface area contributed by atoms with Gasteiger partial charge in [-0.15, -0.1) is 11.3 Å². The van der Waals surface area contributed by atoms with Crippen LogP contribution in [0.5, 0.6) is 0 Å². The molecule has 2 aromatic rings. The van der Waals surface area contributed by atoms with Gasteiger partial charge in [0.2, 0.25) is 0 Å². The highest BCUT2D eigenvalue weighted by molar-refractivity contribution is 7.11. The molecule has 1 fully saturated rings. The smallest absolute Gasteiger partial charge is 0.141 e. The first-order valence-electron chi connectivity index (χ1n) is 9.30. The van der Waals surface area contributed by atoms with Crippen molar-refractivity contribution in [2.75, 3.05) is 13.1 Å². The van der Waals surface area contributed by atoms with E-state index in [1.54, 1.807) is 11.2 Å². The molecule has 1 aliphatic heterocycles. The van der Waals surface area contributed by atoms with Crippen LogP contribution in [-0.4, -0.2) is 37.7 Å². The molecule has 1 atom stereocenters. The Labute approximate surface area is 148 Å². The molecule has 2 aliphatic rings. The molecule has 130 valence electrons. The summed E-state index contributed by atoms with van der Waals surface area (Å²) in [6.45, 7) is 7.50. The van der Waals surface area contributed by atoms with Crippen LogP contribution >= 0.6 is 11.3 Å². The van der Waals surface area contributed by atoms with E-state index in [0.29, 0.717) is 12.0 Å². The molecule has 4 rings (SSSR count). The van der Waals surface area contributed by atoms with Crippen molar-refractivity contribution in [1.82, 2.24) is 24.6 Å². The number of hydrogen-bond donors (Lipinski definition) is 0. The number of aryl methyl sites for hydroxylation is 2. The number of hydrogen-bond acceptors (Lipinski definition) is 5. The standard InChI is InChI=1S/C18H27N5S/c1-13(2)23-17(19-12-20-23)11-22-9-5-6-14(10-22)18-21-15-7-3-4-8-16(15)24-18/h12-14H,3-11H2,1-2H3. The molecule has 0 radical (unpaired) electrons. The van der Waals surface area contributed by atoms with Gasteiger partial charge in [-0.2, -0.15) is 5.10 Å². The first-order valence-corrected chi connectivity index (χ1v) is 10.1. The number of aromatic nitrogens is 4. The number of nitrogens with zero attached hydrogens (tertiary/aromatic N) is 5. The maximum absolute atomic E-state index is 5.01. The molecule has 24 heavy (non-hydrogen) atoms. The summed E-state index contributed by atoms with van der Waals surface area (Å²) < 4.78 is 2.05. The second kappa shape index (κ2) is 6.92. The molecule has 0 amide bonds. The highest BCUT2D eigenvalue weighted by atomic mass is 32.1. The van der Waals surface area contributed by atoms with Gasteiger partial charge in [0.1, 0.15) is 12.2 Å². The SMILES string of the molecule is CC(C)n1ncnc1CN1CCCC(c2nc3c(s2)CCCC3)C1. The van der Waals surface area contributed by atoms with Crippen molar-refractivity contribution in [3.05, 3.63) is 27.7 Å². The highest BCUT2D eigenvalue weighted by Gasteiger charge is 2.27. The Balaban J connectivity index is 1.45. The summed E-state index contributed by atoms with van der Waals surface area (Å²) in [5.41, 5.74) is 1.40. The average molecular weight is 346 g/mol. The normalized spacial score (nSPS) is 22.0. The monoisotopic (exact) mass is 345 g/mol. The van der Waals surface area contributed by atoms with Gasteiger partial charge in [0.15, 0.2) is 0 Å². The third-order valence-electron chi connectivity index (χ3n) is 5.22. The Bertz CT molecular complexity index is 666. The van der Waals surface area contributed by atoms with Crippen molar-refractivity contribution in [1.29, 1.82) is 0 Å². The maximum Gasteiger partial charge on any atom is 0.141 e. The van der Waals surface area contributed by atoms with E-state index in [4.69, 9.17) is 4.98 Å². The first kappa shape index (κ1) is 16.2. The third kappa shape index (κ3) is 3.26. The summed E-state index contributed by atoms with van der Waals surface area (Å²) in [5.74, 6) is 1.69. The van der Waals surface area contributed by atoms with E-state index >= 15 is 0 Å². The molecule has 3 heterocycles. The van der Waals surface area contributed by atoms with E-state index in [9.17, 15) is 0 Å². The average Bonchev–Trinajstić information content (AvgIpc) is 3.21. The van der Waals surface area contributed by atoms with Crippen molar-refractivity contribution in [3.8, 4) is 0 Å². The van der Waals surface area contributed by atoms with Gasteiger partial charge in [-0.1, -0.05) is 0 Å². The number of fused-ring (bicyclic) bond motifs is 1. The highest BCUT2D eigenvalue weighted by Crippen LogP contribution is 2.34. The zero-order valence-corrected chi connectivity index (χ0v) is 15.6. The van der Waals surface area contributed by atoms with Crippen LogP contribution in [0.2, 0.25) is 0 Å². The Morgan fingerprint density at radius 2 is 2.12 bits per heavy atom. The number of piperidine rings is 1. The lowest BCUT2D eigenvalue weighted by atomic mass is 9.98. The van der Waals surface area contributed by atoms with E-state index in [1.165, 1.54) is 49.2 Å². The molecule has 2 aromatic heterocycles. The molecule has 0 aromatic carbocycles. The molecule has 6 heteroatoms. The van der Waals surface area contributed by atoms with E-state index in [-0.39, 0.29) is 0 Å². The topological polar surface area (TPSA) is 46.8 Å². The van der Waals surface area contributed by atoms with Gasteiger partial charge in [0, 0.05) is 23.4 Å². The molecular formula is C18H27N5S. The second-order valence-corrected chi connectivity index (χ2v) is 8.53. The van der Waals surface area contributed by atoms with E-state index in [0.717, 1.165) is 25.5 Å². The van der Waals surface area contributed by atoms with Gasteiger partial charge < -0.3 is 0 Å². The van der Waals surface area contributed by atoms with Crippen molar-refractivity contribution in [2.45, 2.75) is 70.9 Å². The second-order valence-electron chi connectivity index (χ2n) is 7.42. The zero-order valence-electron chi connectivity index (χ0n) is 14.7. The summed E-state index contributed by atoms with van der Waals surface area (Å²) in [5, 5.41) is 5.76. The molecular weight excluding hydrogens is 318 g/mol. The van der Waals surface area contributed by atoms with Crippen molar-refractivity contribution in [2.24, 2.45) is 0 Å². The van der Waals surface area contributed by atoms with Crippen LogP contribution in [0, 0.1) is 0 Å². The van der Waals surface area contributed by atoms with Gasteiger partial charge in [-0.05, 0) is 58.9 Å². The molecule has 1 saturated heterocycles.